The number of ether oxygens (including phenoxy) is 1. The molecule has 0 bridgehead atoms. The molecule has 1 saturated heterocycles. The number of carboxylic acid groups (broad SMARTS) is 1. The minimum atomic E-state index is -1.07. The van der Waals surface area contributed by atoms with E-state index in [2.05, 4.69) is 0 Å². The number of carbonyl (C=O) groups excluding carboxylic acids is 1. The molecular formula is C13H21N3O4. The molecular weight excluding hydrogens is 262 g/mol. The number of carbonyl (C=O) groups is 2. The Balaban J connectivity index is 2.79. The van der Waals surface area contributed by atoms with Crippen LogP contribution in [0, 0.1) is 17.2 Å². The summed E-state index contributed by atoms with van der Waals surface area (Å²) in [5.41, 5.74) is 0. The van der Waals surface area contributed by atoms with Gasteiger partial charge in [0.15, 0.2) is 6.04 Å². The summed E-state index contributed by atoms with van der Waals surface area (Å²) in [5, 5.41) is 17.8. The van der Waals surface area contributed by atoms with Crippen LogP contribution < -0.4 is 0 Å². The molecule has 0 aromatic carbocycles. The number of hydrogen-bond donors (Lipinski definition) is 1. The molecule has 1 fully saturated rings. The largest absolute Gasteiger partial charge is 0.480 e. The fraction of sp³-hybridized carbons (Fsp3) is 0.769. The molecule has 1 N–H and O–H groups in total. The van der Waals surface area contributed by atoms with Crippen molar-refractivity contribution < 1.29 is 19.4 Å². The lowest BCUT2D eigenvalue weighted by Crippen LogP contribution is -2.57. The van der Waals surface area contributed by atoms with E-state index in [1.54, 1.807) is 4.90 Å². The Bertz CT molecular complexity index is 392. The zero-order valence-electron chi connectivity index (χ0n) is 11.9. The minimum Gasteiger partial charge on any atom is -0.480 e. The van der Waals surface area contributed by atoms with Gasteiger partial charge in [-0.3, -0.25) is 0 Å². The van der Waals surface area contributed by atoms with Gasteiger partial charge in [0, 0.05) is 19.6 Å². The van der Waals surface area contributed by atoms with E-state index in [1.807, 2.05) is 19.9 Å². The Morgan fingerprint density at radius 1 is 1.55 bits per heavy atom. The quantitative estimate of drug-likeness (QED) is 0.804. The van der Waals surface area contributed by atoms with Crippen LogP contribution in [0.25, 0.3) is 0 Å². The number of hydrogen-bond acceptors (Lipinski definition) is 4. The van der Waals surface area contributed by atoms with E-state index in [9.17, 15) is 9.59 Å². The van der Waals surface area contributed by atoms with Gasteiger partial charge in [-0.1, -0.05) is 13.8 Å². The van der Waals surface area contributed by atoms with Gasteiger partial charge in [-0.2, -0.15) is 5.26 Å². The predicted molar refractivity (Wildman–Crippen MR) is 71.0 cm³/mol. The third kappa shape index (κ3) is 4.38. The van der Waals surface area contributed by atoms with Crippen LogP contribution in [0.1, 0.15) is 20.3 Å². The molecule has 0 aliphatic carbocycles. The number of nitriles is 1. The fourth-order valence-electron chi connectivity index (χ4n) is 2.11. The lowest BCUT2D eigenvalue weighted by Gasteiger charge is -2.37. The normalized spacial score (nSPS) is 18.7. The van der Waals surface area contributed by atoms with Crippen molar-refractivity contribution in [1.29, 1.82) is 5.26 Å². The first kappa shape index (κ1) is 16.2. The molecule has 112 valence electrons. The molecule has 1 aliphatic rings. The van der Waals surface area contributed by atoms with Gasteiger partial charge in [0.2, 0.25) is 0 Å². The minimum absolute atomic E-state index is 0.00877. The van der Waals surface area contributed by atoms with Crippen molar-refractivity contribution in [3.05, 3.63) is 0 Å². The van der Waals surface area contributed by atoms with E-state index in [-0.39, 0.29) is 31.5 Å². The maximum atomic E-state index is 12.5. The molecule has 1 rings (SSSR count). The monoisotopic (exact) mass is 283 g/mol. The number of urea groups is 1. The van der Waals surface area contributed by atoms with Crippen molar-refractivity contribution in [2.45, 2.75) is 26.3 Å². The second-order valence-corrected chi connectivity index (χ2v) is 5.15. The second kappa shape index (κ2) is 7.70. The number of rotatable bonds is 5. The van der Waals surface area contributed by atoms with Crippen molar-refractivity contribution in [3.8, 4) is 6.07 Å². The van der Waals surface area contributed by atoms with E-state index in [0.29, 0.717) is 19.7 Å². The Morgan fingerprint density at radius 2 is 2.25 bits per heavy atom. The standard InChI is InChI=1S/C13H21N3O4/c1-10(2)8-15(5-3-4-14)13(19)16-6-7-20-9-11(16)12(17)18/h10-11H,3,5-9H2,1-2H3,(H,17,18). The highest BCUT2D eigenvalue weighted by Crippen LogP contribution is 2.12. The van der Waals surface area contributed by atoms with Gasteiger partial charge in [-0.25, -0.2) is 9.59 Å². The molecule has 7 nitrogen and oxygen atoms in total. The smallest absolute Gasteiger partial charge is 0.328 e. The first-order chi connectivity index (χ1) is 9.47. The summed E-state index contributed by atoms with van der Waals surface area (Å²) in [6, 6.07) is 0.730. The van der Waals surface area contributed by atoms with Gasteiger partial charge in [0.1, 0.15) is 0 Å². The van der Waals surface area contributed by atoms with Crippen LogP contribution in [-0.4, -0.2) is 65.8 Å². The summed E-state index contributed by atoms with van der Waals surface area (Å²) in [6.07, 6.45) is 0.237. The Hall–Kier alpha value is -1.81. The van der Waals surface area contributed by atoms with Gasteiger partial charge >= 0.3 is 12.0 Å². The Morgan fingerprint density at radius 3 is 2.80 bits per heavy atom. The molecule has 0 radical (unpaired) electrons. The molecule has 0 spiro atoms. The summed E-state index contributed by atoms with van der Waals surface area (Å²) in [6.45, 7) is 5.37. The SMILES string of the molecule is CC(C)CN(CCC#N)C(=O)N1CCOCC1C(=O)O. The summed E-state index contributed by atoms with van der Waals surface area (Å²) in [4.78, 5) is 26.5. The zero-order valence-corrected chi connectivity index (χ0v) is 11.9. The van der Waals surface area contributed by atoms with Gasteiger partial charge in [0.25, 0.3) is 0 Å². The summed E-state index contributed by atoms with van der Waals surface area (Å²) >= 11 is 0. The van der Waals surface area contributed by atoms with Crippen molar-refractivity contribution >= 4 is 12.0 Å². The van der Waals surface area contributed by atoms with Gasteiger partial charge in [-0.15, -0.1) is 0 Å². The zero-order chi connectivity index (χ0) is 15.1. The third-order valence-electron chi connectivity index (χ3n) is 3.01. The number of aliphatic carboxylic acids is 1. The van der Waals surface area contributed by atoms with Crippen LogP contribution in [0.2, 0.25) is 0 Å². The maximum Gasteiger partial charge on any atom is 0.328 e. The number of carboxylic acids is 1. The van der Waals surface area contributed by atoms with Gasteiger partial charge in [-0.05, 0) is 5.92 Å². The molecule has 2 amide bonds. The average molecular weight is 283 g/mol. The van der Waals surface area contributed by atoms with E-state index >= 15 is 0 Å². The van der Waals surface area contributed by atoms with Crippen molar-refractivity contribution in [1.82, 2.24) is 9.80 Å². The number of nitrogens with zero attached hydrogens (tertiary/aromatic N) is 3. The lowest BCUT2D eigenvalue weighted by molar-refractivity contribution is -0.147. The number of amides is 2. The molecule has 0 aromatic rings. The van der Waals surface area contributed by atoms with Crippen LogP contribution >= 0.6 is 0 Å². The Labute approximate surface area is 118 Å². The topological polar surface area (TPSA) is 93.9 Å². The molecule has 1 aliphatic heterocycles. The van der Waals surface area contributed by atoms with Crippen LogP contribution in [0.5, 0.6) is 0 Å². The molecule has 7 heteroatoms. The first-order valence-corrected chi connectivity index (χ1v) is 6.70. The van der Waals surface area contributed by atoms with E-state index in [4.69, 9.17) is 15.1 Å². The first-order valence-electron chi connectivity index (χ1n) is 6.70. The van der Waals surface area contributed by atoms with Gasteiger partial charge < -0.3 is 19.6 Å². The summed E-state index contributed by atoms with van der Waals surface area (Å²) in [7, 11) is 0. The van der Waals surface area contributed by atoms with Crippen LogP contribution in [0.3, 0.4) is 0 Å². The van der Waals surface area contributed by atoms with E-state index in [1.165, 1.54) is 4.90 Å². The molecule has 0 aromatic heterocycles. The van der Waals surface area contributed by atoms with Crippen LogP contribution in [-0.2, 0) is 9.53 Å². The second-order valence-electron chi connectivity index (χ2n) is 5.15. The molecule has 20 heavy (non-hydrogen) atoms. The van der Waals surface area contributed by atoms with Crippen molar-refractivity contribution in [3.63, 3.8) is 0 Å². The van der Waals surface area contributed by atoms with Crippen LogP contribution in [0.4, 0.5) is 4.79 Å². The molecule has 1 heterocycles. The van der Waals surface area contributed by atoms with E-state index < -0.39 is 12.0 Å². The van der Waals surface area contributed by atoms with E-state index in [0.717, 1.165) is 0 Å². The highest BCUT2D eigenvalue weighted by atomic mass is 16.5. The fourth-order valence-corrected chi connectivity index (χ4v) is 2.11. The summed E-state index contributed by atoms with van der Waals surface area (Å²) < 4.78 is 5.12. The Kier molecular flexibility index (Phi) is 6.25. The highest BCUT2D eigenvalue weighted by Gasteiger charge is 2.35. The predicted octanol–water partition coefficient (Wildman–Crippen LogP) is 0.763. The number of morpholine rings is 1. The average Bonchev–Trinajstić information content (AvgIpc) is 2.42. The molecule has 0 saturated carbocycles. The van der Waals surface area contributed by atoms with Crippen molar-refractivity contribution in [2.75, 3.05) is 32.8 Å². The third-order valence-corrected chi connectivity index (χ3v) is 3.01. The highest BCUT2D eigenvalue weighted by molar-refractivity contribution is 5.83. The molecule has 1 unspecified atom stereocenters. The maximum absolute atomic E-state index is 12.5. The van der Waals surface area contributed by atoms with Crippen LogP contribution in [0.15, 0.2) is 0 Å². The van der Waals surface area contributed by atoms with Gasteiger partial charge in [0.05, 0.1) is 25.7 Å². The molecule has 1 atom stereocenters. The summed E-state index contributed by atoms with van der Waals surface area (Å²) in [5.74, 6) is -0.815. The van der Waals surface area contributed by atoms with Crippen molar-refractivity contribution in [2.24, 2.45) is 5.92 Å². The lowest BCUT2D eigenvalue weighted by atomic mass is 10.2.